The van der Waals surface area contributed by atoms with E-state index < -0.39 is 11.9 Å². The van der Waals surface area contributed by atoms with Crippen molar-refractivity contribution < 1.29 is 28.9 Å². The molecule has 2 aliphatic carbocycles. The standard InChI is InChI=1S/C28H42N2O6/c1-18(2)24(17-35-28(33)30(6)22-12-8-9-13-22)25(34-7)20(5)16-29-26(19(3)4)36-23-14-10-11-21(15-23)27(31)32/h16,21-23H,1,5,8-15,17H2,2-4,6-7H3,(H,31,32)/b25-24-,29-16?/t21-,23?/m0/s1. The molecule has 1 N–H and O–H groups in total. The quantitative estimate of drug-likeness (QED) is 0.211. The number of aliphatic imine (C=N–C) groups is 1. The van der Waals surface area contributed by atoms with Gasteiger partial charge in [-0.2, -0.15) is 0 Å². The lowest BCUT2D eigenvalue weighted by molar-refractivity contribution is -0.144. The molecule has 1 unspecified atom stereocenters. The van der Waals surface area contributed by atoms with Gasteiger partial charge in [0.15, 0.2) is 0 Å². The van der Waals surface area contributed by atoms with Crippen LogP contribution >= 0.6 is 0 Å². The first-order valence-corrected chi connectivity index (χ1v) is 12.7. The van der Waals surface area contributed by atoms with Crippen LogP contribution in [0, 0.1) is 5.92 Å². The van der Waals surface area contributed by atoms with E-state index in [0.29, 0.717) is 41.2 Å². The molecule has 36 heavy (non-hydrogen) atoms. The summed E-state index contributed by atoms with van der Waals surface area (Å²) >= 11 is 0. The molecule has 0 heterocycles. The van der Waals surface area contributed by atoms with Crippen molar-refractivity contribution in [3.8, 4) is 0 Å². The van der Waals surface area contributed by atoms with Gasteiger partial charge >= 0.3 is 12.1 Å². The van der Waals surface area contributed by atoms with Crippen LogP contribution in [0.4, 0.5) is 4.79 Å². The van der Waals surface area contributed by atoms with Crippen molar-refractivity contribution >= 4 is 18.3 Å². The van der Waals surface area contributed by atoms with Crippen molar-refractivity contribution in [1.29, 1.82) is 0 Å². The highest BCUT2D eigenvalue weighted by Gasteiger charge is 2.29. The van der Waals surface area contributed by atoms with E-state index in [1.165, 1.54) is 7.11 Å². The van der Waals surface area contributed by atoms with Gasteiger partial charge in [-0.05, 0) is 70.4 Å². The Balaban J connectivity index is 2.11. The average molecular weight is 503 g/mol. The van der Waals surface area contributed by atoms with Crippen LogP contribution in [-0.2, 0) is 19.0 Å². The second kappa shape index (κ2) is 13.9. The van der Waals surface area contributed by atoms with Crippen LogP contribution in [0.15, 0.2) is 52.1 Å². The number of carboxylic acid groups (broad SMARTS) is 1. The van der Waals surface area contributed by atoms with Gasteiger partial charge in [-0.15, -0.1) is 0 Å². The van der Waals surface area contributed by atoms with Crippen molar-refractivity contribution in [3.05, 3.63) is 47.1 Å². The number of methoxy groups -OCH3 is 1. The molecule has 1 amide bonds. The van der Waals surface area contributed by atoms with Crippen LogP contribution in [0.2, 0.25) is 0 Å². The lowest BCUT2D eigenvalue weighted by Crippen LogP contribution is -2.36. The molecular weight excluding hydrogens is 460 g/mol. The van der Waals surface area contributed by atoms with Crippen molar-refractivity contribution in [2.45, 2.75) is 84.3 Å². The predicted octanol–water partition coefficient (Wildman–Crippen LogP) is 6.01. The summed E-state index contributed by atoms with van der Waals surface area (Å²) in [5.74, 6) is -0.308. The topological polar surface area (TPSA) is 97.7 Å². The monoisotopic (exact) mass is 502 g/mol. The summed E-state index contributed by atoms with van der Waals surface area (Å²) in [6.45, 7) is 13.7. The zero-order valence-electron chi connectivity index (χ0n) is 22.5. The van der Waals surface area contributed by atoms with E-state index in [0.717, 1.165) is 44.1 Å². The maximum absolute atomic E-state index is 12.6. The van der Waals surface area contributed by atoms with Gasteiger partial charge in [0.2, 0.25) is 5.88 Å². The fraction of sp³-hybridized carbons (Fsp3) is 0.607. The normalized spacial score (nSPS) is 20.9. The lowest BCUT2D eigenvalue weighted by atomic mass is 9.87. The fourth-order valence-corrected chi connectivity index (χ4v) is 4.61. The van der Waals surface area contributed by atoms with Crippen molar-refractivity contribution in [2.75, 3.05) is 20.8 Å². The Morgan fingerprint density at radius 3 is 2.31 bits per heavy atom. The molecule has 2 atom stereocenters. The van der Waals surface area contributed by atoms with Gasteiger partial charge < -0.3 is 24.2 Å². The third kappa shape index (κ3) is 8.28. The van der Waals surface area contributed by atoms with Gasteiger partial charge in [0.25, 0.3) is 0 Å². The number of hydrogen-bond donors (Lipinski definition) is 1. The van der Waals surface area contributed by atoms with E-state index in [4.69, 9.17) is 14.2 Å². The summed E-state index contributed by atoms with van der Waals surface area (Å²) in [6.07, 6.45) is 7.97. The third-order valence-electron chi connectivity index (χ3n) is 6.80. The molecule has 2 saturated carbocycles. The molecule has 0 aromatic rings. The average Bonchev–Trinajstić information content (AvgIpc) is 3.38. The number of carbonyl (C=O) groups is 2. The van der Waals surface area contributed by atoms with Gasteiger partial charge in [-0.1, -0.05) is 26.0 Å². The number of aliphatic carboxylic acids is 1. The van der Waals surface area contributed by atoms with Crippen LogP contribution in [0.3, 0.4) is 0 Å². The van der Waals surface area contributed by atoms with Gasteiger partial charge in [0.05, 0.1) is 13.0 Å². The summed E-state index contributed by atoms with van der Waals surface area (Å²) in [7, 11) is 3.30. The summed E-state index contributed by atoms with van der Waals surface area (Å²) in [6, 6.07) is 0.219. The molecule has 0 aliphatic heterocycles. The fourth-order valence-electron chi connectivity index (χ4n) is 4.61. The minimum Gasteiger partial charge on any atom is -0.496 e. The summed E-state index contributed by atoms with van der Waals surface area (Å²) in [4.78, 5) is 30.1. The molecule has 2 fully saturated rings. The first kappa shape index (κ1) is 29.2. The molecule has 8 nitrogen and oxygen atoms in total. The lowest BCUT2D eigenvalue weighted by Gasteiger charge is -2.27. The minimum atomic E-state index is -0.781. The molecular formula is C28H42N2O6. The first-order chi connectivity index (χ1) is 17.0. The van der Waals surface area contributed by atoms with Gasteiger partial charge in [-0.3, -0.25) is 4.79 Å². The number of rotatable bonds is 11. The summed E-state index contributed by atoms with van der Waals surface area (Å²) in [5, 5.41) is 9.35. The van der Waals surface area contributed by atoms with E-state index in [9.17, 15) is 14.7 Å². The molecule has 0 aromatic heterocycles. The van der Waals surface area contributed by atoms with E-state index >= 15 is 0 Å². The number of carbonyl (C=O) groups excluding carboxylic acids is 1. The van der Waals surface area contributed by atoms with E-state index in [1.54, 1.807) is 18.2 Å². The van der Waals surface area contributed by atoms with Gasteiger partial charge in [-0.25, -0.2) is 9.79 Å². The molecule has 2 aliphatic rings. The van der Waals surface area contributed by atoms with Gasteiger partial charge in [0.1, 0.15) is 18.5 Å². The zero-order valence-corrected chi connectivity index (χ0v) is 22.5. The number of hydrogen-bond acceptors (Lipinski definition) is 6. The van der Waals surface area contributed by atoms with Crippen LogP contribution in [-0.4, -0.2) is 61.2 Å². The molecule has 0 radical (unpaired) electrons. The molecule has 0 spiro atoms. The summed E-state index contributed by atoms with van der Waals surface area (Å²) in [5.41, 5.74) is 2.66. The molecule has 200 valence electrons. The summed E-state index contributed by atoms with van der Waals surface area (Å²) < 4.78 is 17.3. The maximum Gasteiger partial charge on any atom is 0.410 e. The number of allylic oxidation sites excluding steroid dienone is 2. The van der Waals surface area contributed by atoms with Crippen LogP contribution in [0.5, 0.6) is 0 Å². The number of ether oxygens (including phenoxy) is 3. The van der Waals surface area contributed by atoms with Crippen molar-refractivity contribution in [3.63, 3.8) is 0 Å². The highest BCUT2D eigenvalue weighted by Crippen LogP contribution is 2.29. The maximum atomic E-state index is 12.6. The minimum absolute atomic E-state index is 0.00587. The SMILES string of the molecule is C=C(C)/C(COC(=O)N(C)C1CCCC1)=C(\OC)C(=C)C=NC(OC1CCC[C@H](C(=O)O)C1)=C(C)C. The predicted molar refractivity (Wildman–Crippen MR) is 141 cm³/mol. The molecule has 0 saturated heterocycles. The largest absolute Gasteiger partial charge is 0.496 e. The Bertz CT molecular complexity index is 922. The van der Waals surface area contributed by atoms with Crippen LogP contribution < -0.4 is 0 Å². The second-order valence-corrected chi connectivity index (χ2v) is 9.93. The Labute approximate surface area is 215 Å². The Morgan fingerprint density at radius 2 is 1.75 bits per heavy atom. The van der Waals surface area contributed by atoms with Crippen molar-refractivity contribution in [1.82, 2.24) is 4.90 Å². The molecule has 2 rings (SSSR count). The highest BCUT2D eigenvalue weighted by atomic mass is 16.6. The zero-order chi connectivity index (χ0) is 26.8. The second-order valence-electron chi connectivity index (χ2n) is 9.93. The van der Waals surface area contributed by atoms with Crippen molar-refractivity contribution in [2.24, 2.45) is 10.9 Å². The van der Waals surface area contributed by atoms with E-state index in [1.807, 2.05) is 20.8 Å². The number of amides is 1. The molecule has 0 bridgehead atoms. The Morgan fingerprint density at radius 1 is 1.08 bits per heavy atom. The highest BCUT2D eigenvalue weighted by molar-refractivity contribution is 5.84. The van der Waals surface area contributed by atoms with Crippen LogP contribution in [0.25, 0.3) is 0 Å². The Kier molecular flexibility index (Phi) is 11.3. The molecule has 8 heteroatoms. The third-order valence-corrected chi connectivity index (χ3v) is 6.80. The molecule has 0 aromatic carbocycles. The van der Waals surface area contributed by atoms with E-state index in [-0.39, 0.29) is 24.8 Å². The van der Waals surface area contributed by atoms with E-state index in [2.05, 4.69) is 18.2 Å². The first-order valence-electron chi connectivity index (χ1n) is 12.7. The number of nitrogens with zero attached hydrogens (tertiary/aromatic N) is 2. The number of carboxylic acids is 1. The van der Waals surface area contributed by atoms with Crippen LogP contribution in [0.1, 0.15) is 72.1 Å². The Hall–Kier alpha value is -3.03. The van der Waals surface area contributed by atoms with Gasteiger partial charge in [0, 0.05) is 30.5 Å². The smallest absolute Gasteiger partial charge is 0.410 e.